The molecule has 0 spiro atoms. The lowest BCUT2D eigenvalue weighted by Crippen LogP contribution is -2.31. The molecular weight excluding hydrogens is 236 g/mol. The Bertz CT molecular complexity index is 459. The van der Waals surface area contributed by atoms with Gasteiger partial charge in [-0.05, 0) is 12.8 Å². The summed E-state index contributed by atoms with van der Waals surface area (Å²) in [6.07, 6.45) is 4.84. The van der Waals surface area contributed by atoms with E-state index < -0.39 is 5.97 Å². The molecule has 1 aromatic rings. The first-order chi connectivity index (χ1) is 8.69. The Morgan fingerprint density at radius 1 is 1.44 bits per heavy atom. The topological polar surface area (TPSA) is 93.2 Å². The number of nitrogens with one attached hydrogen (secondary N) is 2. The normalized spacial score (nSPS) is 13.8. The summed E-state index contributed by atoms with van der Waals surface area (Å²) < 4.78 is 4.53. The van der Waals surface area contributed by atoms with Crippen molar-refractivity contribution in [3.05, 3.63) is 18.1 Å². The molecule has 1 saturated carbocycles. The molecule has 96 valence electrons. The number of amides is 1. The van der Waals surface area contributed by atoms with E-state index in [9.17, 15) is 9.59 Å². The third kappa shape index (κ3) is 3.41. The Morgan fingerprint density at radius 3 is 2.89 bits per heavy atom. The van der Waals surface area contributed by atoms with Gasteiger partial charge in [-0.25, -0.2) is 9.78 Å². The quantitative estimate of drug-likeness (QED) is 0.712. The van der Waals surface area contributed by atoms with Crippen LogP contribution in [-0.2, 0) is 9.53 Å². The van der Waals surface area contributed by atoms with Gasteiger partial charge in [0.25, 0.3) is 0 Å². The van der Waals surface area contributed by atoms with Crippen LogP contribution in [0.5, 0.6) is 0 Å². The molecular formula is C11H14N4O3. The van der Waals surface area contributed by atoms with Gasteiger partial charge in [0.05, 0.1) is 26.0 Å². The highest BCUT2D eigenvalue weighted by Crippen LogP contribution is 2.18. The second kappa shape index (κ2) is 5.44. The molecule has 18 heavy (non-hydrogen) atoms. The van der Waals surface area contributed by atoms with Crippen molar-refractivity contribution in [1.29, 1.82) is 0 Å². The lowest BCUT2D eigenvalue weighted by Gasteiger charge is -2.06. The van der Waals surface area contributed by atoms with Gasteiger partial charge < -0.3 is 15.4 Å². The van der Waals surface area contributed by atoms with Crippen molar-refractivity contribution in [2.75, 3.05) is 19.0 Å². The molecule has 2 N–H and O–H groups in total. The van der Waals surface area contributed by atoms with E-state index in [0.717, 1.165) is 12.8 Å². The molecule has 7 heteroatoms. The first-order valence-electron chi connectivity index (χ1n) is 5.62. The Balaban J connectivity index is 1.88. The zero-order valence-electron chi connectivity index (χ0n) is 9.97. The summed E-state index contributed by atoms with van der Waals surface area (Å²) in [4.78, 5) is 30.5. The molecule has 0 aliphatic heterocycles. The average molecular weight is 250 g/mol. The number of nitrogens with zero attached hydrogens (tertiary/aromatic N) is 2. The van der Waals surface area contributed by atoms with Gasteiger partial charge in [-0.2, -0.15) is 0 Å². The van der Waals surface area contributed by atoms with Crippen molar-refractivity contribution in [3.8, 4) is 0 Å². The number of ether oxygens (including phenoxy) is 1. The maximum atomic E-state index is 11.4. The number of aromatic nitrogens is 2. The summed E-state index contributed by atoms with van der Waals surface area (Å²) in [5.74, 6) is -0.291. The molecule has 1 aromatic heterocycles. The van der Waals surface area contributed by atoms with E-state index in [1.165, 1.54) is 19.5 Å². The van der Waals surface area contributed by atoms with Gasteiger partial charge in [0.15, 0.2) is 5.69 Å². The van der Waals surface area contributed by atoms with Gasteiger partial charge >= 0.3 is 5.97 Å². The van der Waals surface area contributed by atoms with E-state index in [2.05, 4.69) is 25.3 Å². The molecule has 0 unspecified atom stereocenters. The van der Waals surface area contributed by atoms with E-state index >= 15 is 0 Å². The first kappa shape index (κ1) is 12.3. The molecule has 1 heterocycles. The molecule has 0 radical (unpaired) electrons. The van der Waals surface area contributed by atoms with Crippen molar-refractivity contribution in [2.45, 2.75) is 18.9 Å². The maximum Gasteiger partial charge on any atom is 0.358 e. The van der Waals surface area contributed by atoms with Crippen molar-refractivity contribution in [2.24, 2.45) is 0 Å². The third-order valence-corrected chi connectivity index (χ3v) is 2.40. The zero-order chi connectivity index (χ0) is 13.0. The maximum absolute atomic E-state index is 11.4. The number of methoxy groups -OCH3 is 1. The number of hydrogen-bond donors (Lipinski definition) is 2. The van der Waals surface area contributed by atoms with Crippen molar-refractivity contribution >= 4 is 17.7 Å². The van der Waals surface area contributed by atoms with Gasteiger partial charge in [0.2, 0.25) is 5.91 Å². The van der Waals surface area contributed by atoms with Crippen LogP contribution in [0.2, 0.25) is 0 Å². The predicted molar refractivity (Wildman–Crippen MR) is 63.0 cm³/mol. The lowest BCUT2D eigenvalue weighted by atomic mass is 10.4. The molecule has 7 nitrogen and oxygen atoms in total. The highest BCUT2D eigenvalue weighted by atomic mass is 16.5. The highest BCUT2D eigenvalue weighted by molar-refractivity contribution is 5.87. The van der Waals surface area contributed by atoms with Gasteiger partial charge in [0.1, 0.15) is 5.82 Å². The molecule has 1 fully saturated rings. The van der Waals surface area contributed by atoms with E-state index in [-0.39, 0.29) is 18.1 Å². The van der Waals surface area contributed by atoms with Crippen LogP contribution < -0.4 is 10.6 Å². The summed E-state index contributed by atoms with van der Waals surface area (Å²) in [7, 11) is 1.27. The molecule has 0 atom stereocenters. The molecule has 0 bridgehead atoms. The summed E-state index contributed by atoms with van der Waals surface area (Å²) in [6, 6.07) is 0.326. The van der Waals surface area contributed by atoms with E-state index in [1.54, 1.807) is 0 Å². The van der Waals surface area contributed by atoms with Gasteiger partial charge in [0, 0.05) is 6.04 Å². The molecule has 1 amide bonds. The van der Waals surface area contributed by atoms with Crippen LogP contribution in [0, 0.1) is 0 Å². The van der Waals surface area contributed by atoms with Crippen LogP contribution in [0.1, 0.15) is 23.3 Å². The van der Waals surface area contributed by atoms with Crippen LogP contribution in [0.3, 0.4) is 0 Å². The standard InChI is InChI=1S/C11H14N4O3/c1-18-11(17)8-4-12-5-9(15-8)13-6-10(16)14-7-2-3-7/h4-5,7H,2-3,6H2,1H3,(H,13,15)(H,14,16). The number of esters is 1. The minimum Gasteiger partial charge on any atom is -0.464 e. The Labute approximate surface area is 104 Å². The van der Waals surface area contributed by atoms with E-state index in [1.807, 2.05) is 0 Å². The fraction of sp³-hybridized carbons (Fsp3) is 0.455. The van der Waals surface area contributed by atoms with E-state index in [0.29, 0.717) is 11.9 Å². The van der Waals surface area contributed by atoms with Gasteiger partial charge in [-0.15, -0.1) is 0 Å². The molecule has 0 saturated heterocycles. The Kier molecular flexibility index (Phi) is 3.71. The van der Waals surface area contributed by atoms with Gasteiger partial charge in [-0.3, -0.25) is 9.78 Å². The van der Waals surface area contributed by atoms with Crippen molar-refractivity contribution < 1.29 is 14.3 Å². The van der Waals surface area contributed by atoms with Crippen LogP contribution >= 0.6 is 0 Å². The van der Waals surface area contributed by atoms with Gasteiger partial charge in [-0.1, -0.05) is 0 Å². The molecule has 2 rings (SSSR count). The van der Waals surface area contributed by atoms with Crippen molar-refractivity contribution in [3.63, 3.8) is 0 Å². The summed E-state index contributed by atoms with van der Waals surface area (Å²) in [6.45, 7) is 0.107. The van der Waals surface area contributed by atoms with Crippen LogP contribution in [0.15, 0.2) is 12.4 Å². The first-order valence-corrected chi connectivity index (χ1v) is 5.62. The number of carbonyl (C=O) groups is 2. The molecule has 1 aliphatic rings. The molecule has 0 aromatic carbocycles. The zero-order valence-corrected chi connectivity index (χ0v) is 9.97. The fourth-order valence-corrected chi connectivity index (χ4v) is 1.33. The minimum atomic E-state index is -0.561. The second-order valence-corrected chi connectivity index (χ2v) is 3.98. The Hall–Kier alpha value is -2.18. The second-order valence-electron chi connectivity index (χ2n) is 3.98. The Morgan fingerprint density at radius 2 is 2.22 bits per heavy atom. The largest absolute Gasteiger partial charge is 0.464 e. The number of rotatable bonds is 5. The predicted octanol–water partition coefficient (Wildman–Crippen LogP) is -0.0463. The summed E-state index contributed by atoms with van der Waals surface area (Å²) in [5.41, 5.74) is 0.102. The average Bonchev–Trinajstić information content (AvgIpc) is 3.19. The summed E-state index contributed by atoms with van der Waals surface area (Å²) >= 11 is 0. The van der Waals surface area contributed by atoms with Crippen LogP contribution in [0.25, 0.3) is 0 Å². The number of anilines is 1. The summed E-state index contributed by atoms with van der Waals surface area (Å²) in [5, 5.41) is 5.63. The molecule has 1 aliphatic carbocycles. The highest BCUT2D eigenvalue weighted by Gasteiger charge is 2.22. The minimum absolute atomic E-state index is 0.0947. The number of hydrogen-bond acceptors (Lipinski definition) is 6. The smallest absolute Gasteiger partial charge is 0.358 e. The third-order valence-electron chi connectivity index (χ3n) is 2.40. The van der Waals surface area contributed by atoms with Crippen LogP contribution in [0.4, 0.5) is 5.82 Å². The van der Waals surface area contributed by atoms with Crippen LogP contribution in [-0.4, -0.2) is 41.5 Å². The lowest BCUT2D eigenvalue weighted by molar-refractivity contribution is -0.119. The van der Waals surface area contributed by atoms with Crippen molar-refractivity contribution in [1.82, 2.24) is 15.3 Å². The monoisotopic (exact) mass is 250 g/mol. The number of carbonyl (C=O) groups excluding carboxylic acids is 2. The van der Waals surface area contributed by atoms with E-state index in [4.69, 9.17) is 0 Å². The SMILES string of the molecule is COC(=O)c1cncc(NCC(=O)NC2CC2)n1. The fourth-order valence-electron chi connectivity index (χ4n) is 1.33.